The molecule has 0 fully saturated rings. The van der Waals surface area contributed by atoms with Gasteiger partial charge in [0.05, 0.1) is 10.5 Å². The Morgan fingerprint density at radius 3 is 2.04 bits per heavy atom. The standard InChI is InChI=1S/C21H10F3NS/c22-18-12-17(15-4-2-1-3-5-15)9-8-16(18)7-6-14-10-19(23)21(26-13-25)20(24)11-14/h1-5,8-12H. The monoisotopic (exact) mass is 365 g/mol. The molecule has 0 saturated heterocycles. The van der Waals surface area contributed by atoms with E-state index < -0.39 is 17.5 Å². The highest BCUT2D eigenvalue weighted by Crippen LogP contribution is 2.25. The molecule has 0 spiro atoms. The zero-order valence-electron chi connectivity index (χ0n) is 13.3. The Morgan fingerprint density at radius 2 is 1.42 bits per heavy atom. The van der Waals surface area contributed by atoms with Crippen LogP contribution in [-0.2, 0) is 0 Å². The maximum Gasteiger partial charge on any atom is 0.142 e. The maximum absolute atomic E-state index is 14.3. The number of nitrogens with zero attached hydrogens (tertiary/aromatic N) is 1. The van der Waals surface area contributed by atoms with E-state index in [0.717, 1.165) is 17.7 Å². The fourth-order valence-electron chi connectivity index (χ4n) is 2.34. The first-order valence-corrected chi connectivity index (χ1v) is 8.32. The van der Waals surface area contributed by atoms with Gasteiger partial charge in [0.15, 0.2) is 0 Å². The molecule has 26 heavy (non-hydrogen) atoms. The van der Waals surface area contributed by atoms with E-state index in [9.17, 15) is 13.2 Å². The smallest absolute Gasteiger partial charge is 0.142 e. The molecule has 126 valence electrons. The van der Waals surface area contributed by atoms with Crippen LogP contribution in [0.4, 0.5) is 13.2 Å². The topological polar surface area (TPSA) is 23.8 Å². The Morgan fingerprint density at radius 1 is 0.731 bits per heavy atom. The molecule has 0 saturated carbocycles. The quantitative estimate of drug-likeness (QED) is 0.328. The Labute approximate surface area is 153 Å². The lowest BCUT2D eigenvalue weighted by Crippen LogP contribution is -1.90. The van der Waals surface area contributed by atoms with Crippen LogP contribution < -0.4 is 0 Å². The van der Waals surface area contributed by atoms with Crippen molar-refractivity contribution in [1.82, 2.24) is 0 Å². The van der Waals surface area contributed by atoms with Crippen LogP contribution in [0.15, 0.2) is 65.6 Å². The normalized spacial score (nSPS) is 9.92. The summed E-state index contributed by atoms with van der Waals surface area (Å²) in [5.41, 5.74) is 1.78. The summed E-state index contributed by atoms with van der Waals surface area (Å²) in [6.07, 6.45) is 0. The van der Waals surface area contributed by atoms with Gasteiger partial charge < -0.3 is 0 Å². The molecule has 0 radical (unpaired) electrons. The molecule has 0 bridgehead atoms. The zero-order chi connectivity index (χ0) is 18.5. The van der Waals surface area contributed by atoms with Crippen molar-refractivity contribution in [2.24, 2.45) is 0 Å². The van der Waals surface area contributed by atoms with Gasteiger partial charge in [-0.1, -0.05) is 48.2 Å². The van der Waals surface area contributed by atoms with E-state index in [1.54, 1.807) is 11.5 Å². The summed E-state index contributed by atoms with van der Waals surface area (Å²) in [6.45, 7) is 0. The van der Waals surface area contributed by atoms with Crippen LogP contribution in [0.25, 0.3) is 11.1 Å². The summed E-state index contributed by atoms with van der Waals surface area (Å²) < 4.78 is 41.9. The van der Waals surface area contributed by atoms with E-state index in [1.807, 2.05) is 30.3 Å². The van der Waals surface area contributed by atoms with Gasteiger partial charge in [0.1, 0.15) is 22.9 Å². The summed E-state index contributed by atoms with van der Waals surface area (Å²) in [4.78, 5) is -0.378. The van der Waals surface area contributed by atoms with E-state index in [0.29, 0.717) is 17.3 Å². The Hall–Kier alpha value is -3.15. The molecule has 0 N–H and O–H groups in total. The predicted octanol–water partition coefficient (Wildman–Crippen LogP) is 5.74. The molecular weight excluding hydrogens is 355 g/mol. The van der Waals surface area contributed by atoms with Crippen LogP contribution in [0, 0.1) is 40.0 Å². The van der Waals surface area contributed by atoms with Crippen molar-refractivity contribution < 1.29 is 13.2 Å². The molecule has 0 aliphatic rings. The van der Waals surface area contributed by atoms with Crippen LogP contribution in [0.5, 0.6) is 0 Å². The third-order valence-electron chi connectivity index (χ3n) is 3.56. The predicted molar refractivity (Wildman–Crippen MR) is 95.6 cm³/mol. The minimum absolute atomic E-state index is 0.0637. The molecule has 0 aromatic heterocycles. The van der Waals surface area contributed by atoms with Crippen molar-refractivity contribution in [3.8, 4) is 28.4 Å². The second-order valence-corrected chi connectivity index (χ2v) is 6.07. The van der Waals surface area contributed by atoms with Gasteiger partial charge in [-0.2, -0.15) is 5.26 Å². The van der Waals surface area contributed by atoms with Gasteiger partial charge in [0, 0.05) is 5.56 Å². The number of benzene rings is 3. The van der Waals surface area contributed by atoms with Crippen LogP contribution in [-0.4, -0.2) is 0 Å². The summed E-state index contributed by atoms with van der Waals surface area (Å²) in [5.74, 6) is 2.87. The molecule has 3 rings (SSSR count). The first-order valence-electron chi connectivity index (χ1n) is 7.50. The van der Waals surface area contributed by atoms with Crippen LogP contribution in [0.3, 0.4) is 0 Å². The Balaban J connectivity index is 1.90. The number of hydrogen-bond acceptors (Lipinski definition) is 2. The summed E-state index contributed by atoms with van der Waals surface area (Å²) in [6, 6.07) is 16.0. The average molecular weight is 365 g/mol. The lowest BCUT2D eigenvalue weighted by Gasteiger charge is -2.03. The van der Waals surface area contributed by atoms with Gasteiger partial charge in [-0.3, -0.25) is 0 Å². The highest BCUT2D eigenvalue weighted by atomic mass is 32.2. The average Bonchev–Trinajstić information content (AvgIpc) is 2.64. The molecule has 0 atom stereocenters. The van der Waals surface area contributed by atoms with Gasteiger partial charge in [-0.15, -0.1) is 0 Å². The van der Waals surface area contributed by atoms with Gasteiger partial charge >= 0.3 is 0 Å². The highest BCUT2D eigenvalue weighted by Gasteiger charge is 2.11. The van der Waals surface area contributed by atoms with E-state index in [-0.39, 0.29) is 16.0 Å². The third-order valence-corrected chi connectivity index (χ3v) is 4.25. The van der Waals surface area contributed by atoms with E-state index in [1.165, 1.54) is 12.1 Å². The summed E-state index contributed by atoms with van der Waals surface area (Å²) >= 11 is 0.401. The molecule has 0 aliphatic carbocycles. The number of thiocyanates is 1. The SMILES string of the molecule is N#CSc1c(F)cc(C#Cc2ccc(-c3ccccc3)cc2F)cc1F. The number of thioether (sulfide) groups is 1. The van der Waals surface area contributed by atoms with Crippen molar-refractivity contribution in [2.45, 2.75) is 4.90 Å². The van der Waals surface area contributed by atoms with Crippen LogP contribution >= 0.6 is 11.8 Å². The molecular formula is C21H10F3NS. The Bertz CT molecular complexity index is 1040. The molecule has 3 aromatic carbocycles. The molecule has 3 aromatic rings. The number of nitriles is 1. The second-order valence-electron chi connectivity index (χ2n) is 5.27. The maximum atomic E-state index is 14.3. The zero-order valence-corrected chi connectivity index (χ0v) is 14.1. The van der Waals surface area contributed by atoms with Crippen LogP contribution in [0.2, 0.25) is 0 Å². The lowest BCUT2D eigenvalue weighted by atomic mass is 10.0. The van der Waals surface area contributed by atoms with E-state index >= 15 is 0 Å². The fourth-order valence-corrected chi connectivity index (χ4v) is 2.75. The summed E-state index contributed by atoms with van der Waals surface area (Å²) in [7, 11) is 0. The first kappa shape index (κ1) is 17.7. The minimum Gasteiger partial charge on any atom is -0.206 e. The van der Waals surface area contributed by atoms with Crippen molar-refractivity contribution >= 4 is 11.8 Å². The van der Waals surface area contributed by atoms with Crippen molar-refractivity contribution in [2.75, 3.05) is 0 Å². The van der Waals surface area contributed by atoms with Crippen LogP contribution in [0.1, 0.15) is 11.1 Å². The van der Waals surface area contributed by atoms with Crippen molar-refractivity contribution in [3.63, 3.8) is 0 Å². The largest absolute Gasteiger partial charge is 0.206 e. The lowest BCUT2D eigenvalue weighted by molar-refractivity contribution is 0.540. The van der Waals surface area contributed by atoms with Gasteiger partial charge in [-0.05, 0) is 47.2 Å². The highest BCUT2D eigenvalue weighted by molar-refractivity contribution is 8.03. The number of hydrogen-bond donors (Lipinski definition) is 0. The molecule has 0 amide bonds. The third kappa shape index (κ3) is 3.91. The fraction of sp³-hybridized carbons (Fsp3) is 0. The molecule has 5 heteroatoms. The van der Waals surface area contributed by atoms with Gasteiger partial charge in [0.2, 0.25) is 0 Å². The molecule has 0 unspecified atom stereocenters. The van der Waals surface area contributed by atoms with E-state index in [2.05, 4.69) is 11.8 Å². The Kier molecular flexibility index (Phi) is 5.31. The minimum atomic E-state index is -0.874. The first-order chi connectivity index (χ1) is 12.6. The number of halogens is 3. The van der Waals surface area contributed by atoms with Gasteiger partial charge in [0.25, 0.3) is 0 Å². The number of rotatable bonds is 2. The van der Waals surface area contributed by atoms with Crippen molar-refractivity contribution in [3.05, 3.63) is 89.2 Å². The van der Waals surface area contributed by atoms with Crippen molar-refractivity contribution in [1.29, 1.82) is 5.26 Å². The molecule has 1 nitrogen and oxygen atoms in total. The second kappa shape index (κ2) is 7.82. The molecule has 0 aliphatic heterocycles. The summed E-state index contributed by atoms with van der Waals surface area (Å²) in [5, 5.41) is 10.2. The van der Waals surface area contributed by atoms with Gasteiger partial charge in [-0.25, -0.2) is 13.2 Å². The molecule has 0 heterocycles. The van der Waals surface area contributed by atoms with E-state index in [4.69, 9.17) is 5.26 Å².